The van der Waals surface area contributed by atoms with Crippen molar-refractivity contribution in [2.75, 3.05) is 12.4 Å². The van der Waals surface area contributed by atoms with E-state index in [0.29, 0.717) is 22.7 Å². The van der Waals surface area contributed by atoms with Crippen molar-refractivity contribution in [1.82, 2.24) is 0 Å². The third kappa shape index (κ3) is 4.02. The van der Waals surface area contributed by atoms with Crippen LogP contribution in [-0.2, 0) is 0 Å². The summed E-state index contributed by atoms with van der Waals surface area (Å²) in [5, 5.41) is 10.6. The average Bonchev–Trinajstić information content (AvgIpc) is 2.25. The van der Waals surface area contributed by atoms with Gasteiger partial charge in [-0.2, -0.15) is 12.6 Å². The van der Waals surface area contributed by atoms with Gasteiger partial charge in [-0.05, 0) is 17.7 Å². The molecule has 0 aliphatic rings. The Bertz CT molecular complexity index is 386. The molecule has 1 atom stereocenters. The van der Waals surface area contributed by atoms with Crippen LogP contribution in [0.2, 0.25) is 0 Å². The minimum Gasteiger partial charge on any atom is -0.493 e. The summed E-state index contributed by atoms with van der Waals surface area (Å²) in [6, 6.07) is 4.56. The van der Waals surface area contributed by atoms with Crippen LogP contribution in [0, 0.1) is 16.0 Å². The molecule has 0 radical (unpaired) electrons. The summed E-state index contributed by atoms with van der Waals surface area (Å²) in [4.78, 5) is 10.2. The fourth-order valence-electron chi connectivity index (χ4n) is 1.03. The van der Waals surface area contributed by atoms with Crippen LogP contribution in [0.1, 0.15) is 6.92 Å². The van der Waals surface area contributed by atoms with Crippen LogP contribution < -0.4 is 4.74 Å². The van der Waals surface area contributed by atoms with Gasteiger partial charge in [-0.3, -0.25) is 10.1 Å². The van der Waals surface area contributed by atoms with Gasteiger partial charge in [0.05, 0.1) is 17.6 Å². The quantitative estimate of drug-likeness (QED) is 0.516. The maximum absolute atomic E-state index is 10.6. The van der Waals surface area contributed by atoms with Gasteiger partial charge in [0.2, 0.25) is 0 Å². The molecule has 1 unspecified atom stereocenters. The smallest absolute Gasteiger partial charge is 0.274 e. The second kappa shape index (κ2) is 6.10. The molecule has 0 N–H and O–H groups in total. The van der Waals surface area contributed by atoms with E-state index in [0.717, 1.165) is 5.75 Å². The fourth-order valence-corrected chi connectivity index (χ4v) is 1.59. The molecule has 1 aromatic rings. The number of nitro groups is 1. The largest absolute Gasteiger partial charge is 0.493 e. The molecule has 4 nitrogen and oxygen atoms in total. The van der Waals surface area contributed by atoms with Gasteiger partial charge in [-0.1, -0.05) is 22.9 Å². The molecule has 0 aliphatic heterocycles. The zero-order chi connectivity index (χ0) is 12.1. The van der Waals surface area contributed by atoms with E-state index in [4.69, 9.17) is 4.74 Å². The Balaban J connectivity index is 2.76. The van der Waals surface area contributed by atoms with E-state index < -0.39 is 4.92 Å². The summed E-state index contributed by atoms with van der Waals surface area (Å²) in [5.41, 5.74) is 0.0166. The number of thiol groups is 1. The number of nitro benzene ring substituents is 1. The number of nitrogens with zero attached hydrogens (tertiary/aromatic N) is 1. The van der Waals surface area contributed by atoms with E-state index in [1.165, 1.54) is 12.1 Å². The van der Waals surface area contributed by atoms with Gasteiger partial charge in [0.1, 0.15) is 5.75 Å². The van der Waals surface area contributed by atoms with Gasteiger partial charge in [0.15, 0.2) is 0 Å². The molecule has 6 heteroatoms. The lowest BCUT2D eigenvalue weighted by molar-refractivity contribution is -0.385. The highest BCUT2D eigenvalue weighted by atomic mass is 79.9. The molecule has 0 aromatic heterocycles. The zero-order valence-electron chi connectivity index (χ0n) is 8.72. The number of benzene rings is 1. The SMILES string of the molecule is CC(CS)COc1cc(Br)cc([N+](=O)[O-])c1. The van der Waals surface area contributed by atoms with E-state index in [-0.39, 0.29) is 5.69 Å². The lowest BCUT2D eigenvalue weighted by Crippen LogP contribution is -2.09. The summed E-state index contributed by atoms with van der Waals surface area (Å²) in [5.74, 6) is 1.52. The summed E-state index contributed by atoms with van der Waals surface area (Å²) < 4.78 is 6.08. The van der Waals surface area contributed by atoms with E-state index in [1.54, 1.807) is 6.07 Å². The molecule has 1 rings (SSSR count). The normalized spacial score (nSPS) is 12.2. The predicted octanol–water partition coefficient (Wildman–Crippen LogP) is 3.30. The van der Waals surface area contributed by atoms with Gasteiger partial charge in [0.25, 0.3) is 5.69 Å². The number of rotatable bonds is 5. The van der Waals surface area contributed by atoms with E-state index in [2.05, 4.69) is 28.6 Å². The summed E-state index contributed by atoms with van der Waals surface area (Å²) in [7, 11) is 0. The molecule has 0 bridgehead atoms. The molecule has 88 valence electrons. The highest BCUT2D eigenvalue weighted by Crippen LogP contribution is 2.26. The Kier molecular flexibility index (Phi) is 5.08. The van der Waals surface area contributed by atoms with Crippen molar-refractivity contribution in [2.45, 2.75) is 6.92 Å². The first kappa shape index (κ1) is 13.3. The van der Waals surface area contributed by atoms with Gasteiger partial charge in [-0.25, -0.2) is 0 Å². The van der Waals surface area contributed by atoms with Gasteiger partial charge < -0.3 is 4.74 Å². The molecule has 0 amide bonds. The Hall–Kier alpha value is -0.750. The summed E-state index contributed by atoms with van der Waals surface area (Å²) in [6.07, 6.45) is 0. The molecule has 0 heterocycles. The minimum absolute atomic E-state index is 0.0166. The topological polar surface area (TPSA) is 52.4 Å². The van der Waals surface area contributed by atoms with Crippen molar-refractivity contribution < 1.29 is 9.66 Å². The first-order valence-corrected chi connectivity index (χ1v) is 6.14. The van der Waals surface area contributed by atoms with Gasteiger partial charge in [0, 0.05) is 10.5 Å². The van der Waals surface area contributed by atoms with Gasteiger partial charge in [-0.15, -0.1) is 0 Å². The molecule has 0 spiro atoms. The highest BCUT2D eigenvalue weighted by molar-refractivity contribution is 9.10. The standard InChI is InChI=1S/C10H12BrNO3S/c1-7(6-16)5-15-10-3-8(11)2-9(4-10)12(13)14/h2-4,7,16H,5-6H2,1H3. The molecule has 1 aromatic carbocycles. The predicted molar refractivity (Wildman–Crippen MR) is 69.3 cm³/mol. The maximum Gasteiger partial charge on any atom is 0.274 e. The van der Waals surface area contributed by atoms with E-state index in [1.807, 2.05) is 6.92 Å². The minimum atomic E-state index is -0.445. The van der Waals surface area contributed by atoms with Crippen LogP contribution in [0.4, 0.5) is 5.69 Å². The van der Waals surface area contributed by atoms with Gasteiger partial charge >= 0.3 is 0 Å². The first-order chi connectivity index (χ1) is 7.52. The molecular weight excluding hydrogens is 294 g/mol. The number of hydrogen-bond donors (Lipinski definition) is 1. The zero-order valence-corrected chi connectivity index (χ0v) is 11.2. The first-order valence-electron chi connectivity index (χ1n) is 4.71. The second-order valence-corrected chi connectivity index (χ2v) is 4.78. The van der Waals surface area contributed by atoms with Crippen molar-refractivity contribution in [1.29, 1.82) is 0 Å². The highest BCUT2D eigenvalue weighted by Gasteiger charge is 2.10. The molecule has 16 heavy (non-hydrogen) atoms. The Morgan fingerprint density at radius 1 is 1.56 bits per heavy atom. The third-order valence-corrected chi connectivity index (χ3v) is 2.99. The van der Waals surface area contributed by atoms with E-state index in [9.17, 15) is 10.1 Å². The Labute approximate surface area is 108 Å². The van der Waals surface area contributed by atoms with Crippen LogP contribution in [-0.4, -0.2) is 17.3 Å². The van der Waals surface area contributed by atoms with Crippen molar-refractivity contribution >= 4 is 34.2 Å². The number of halogens is 1. The van der Waals surface area contributed by atoms with Crippen molar-refractivity contribution in [3.63, 3.8) is 0 Å². The number of hydrogen-bond acceptors (Lipinski definition) is 4. The van der Waals surface area contributed by atoms with Crippen LogP contribution >= 0.6 is 28.6 Å². The van der Waals surface area contributed by atoms with Crippen molar-refractivity contribution in [3.05, 3.63) is 32.8 Å². The van der Waals surface area contributed by atoms with Crippen molar-refractivity contribution in [2.24, 2.45) is 5.92 Å². The van der Waals surface area contributed by atoms with Crippen LogP contribution in [0.5, 0.6) is 5.75 Å². The Morgan fingerprint density at radius 3 is 2.81 bits per heavy atom. The molecule has 0 saturated heterocycles. The number of non-ortho nitro benzene ring substituents is 1. The lowest BCUT2D eigenvalue weighted by atomic mass is 10.2. The molecular formula is C10H12BrNO3S. The monoisotopic (exact) mass is 305 g/mol. The molecule has 0 saturated carbocycles. The fraction of sp³-hybridized carbons (Fsp3) is 0.400. The second-order valence-electron chi connectivity index (χ2n) is 3.50. The molecule has 0 fully saturated rings. The van der Waals surface area contributed by atoms with Crippen LogP contribution in [0.3, 0.4) is 0 Å². The van der Waals surface area contributed by atoms with Crippen LogP contribution in [0.15, 0.2) is 22.7 Å². The van der Waals surface area contributed by atoms with Crippen LogP contribution in [0.25, 0.3) is 0 Å². The third-order valence-electron chi connectivity index (χ3n) is 1.91. The average molecular weight is 306 g/mol. The maximum atomic E-state index is 10.6. The summed E-state index contributed by atoms with van der Waals surface area (Å²) in [6.45, 7) is 2.50. The molecule has 0 aliphatic carbocycles. The number of ether oxygens (including phenoxy) is 1. The van der Waals surface area contributed by atoms with E-state index >= 15 is 0 Å². The Morgan fingerprint density at radius 2 is 2.25 bits per heavy atom. The van der Waals surface area contributed by atoms with Crippen molar-refractivity contribution in [3.8, 4) is 5.75 Å². The summed E-state index contributed by atoms with van der Waals surface area (Å²) >= 11 is 7.34. The lowest BCUT2D eigenvalue weighted by Gasteiger charge is -2.10.